The predicted molar refractivity (Wildman–Crippen MR) is 129 cm³/mol. The molecule has 35 heavy (non-hydrogen) atoms. The minimum Gasteiger partial charge on any atom is -0.378 e. The van der Waals surface area contributed by atoms with E-state index in [2.05, 4.69) is 15.3 Å². The molecule has 2 aliphatic heterocycles. The molecule has 2 aliphatic rings. The van der Waals surface area contributed by atoms with Crippen molar-refractivity contribution < 1.29 is 22.3 Å². The largest absolute Gasteiger partial charge is 0.378 e. The van der Waals surface area contributed by atoms with Crippen LogP contribution >= 0.6 is 0 Å². The Morgan fingerprint density at radius 2 is 1.83 bits per heavy atom. The van der Waals surface area contributed by atoms with Crippen LogP contribution in [-0.4, -0.2) is 68.3 Å². The molecule has 0 saturated carbocycles. The summed E-state index contributed by atoms with van der Waals surface area (Å²) < 4.78 is 43.2. The zero-order chi connectivity index (χ0) is 24.6. The molecule has 9 nitrogen and oxygen atoms in total. The minimum atomic E-state index is -3.28. The van der Waals surface area contributed by atoms with Gasteiger partial charge in [0.1, 0.15) is 11.6 Å². The number of amides is 1. The standard InChI is InChI=1S/C24H24FN5O4S/c1-35(32,33)19-5-3-18(4-6-19)30-9-8-16-15-26-24(28-22(16)30)27-17-2-7-21(25)20(14-17)23(31)29-10-12-34-13-11-29/h2-7,14-15H,8-13H2,1H3,(H,26,27,28). The third-order valence-electron chi connectivity index (χ3n) is 6.03. The fourth-order valence-electron chi connectivity index (χ4n) is 4.16. The fourth-order valence-corrected chi connectivity index (χ4v) is 4.79. The lowest BCUT2D eigenvalue weighted by Gasteiger charge is -2.27. The first-order chi connectivity index (χ1) is 16.8. The Bertz CT molecular complexity index is 1380. The lowest BCUT2D eigenvalue weighted by atomic mass is 10.1. The van der Waals surface area contributed by atoms with Crippen molar-refractivity contribution in [2.24, 2.45) is 0 Å². The molecule has 0 unspecified atom stereocenters. The molecule has 2 aromatic carbocycles. The van der Waals surface area contributed by atoms with Crippen LogP contribution < -0.4 is 10.2 Å². The lowest BCUT2D eigenvalue weighted by Crippen LogP contribution is -2.41. The van der Waals surface area contributed by atoms with Crippen LogP contribution in [0.25, 0.3) is 0 Å². The zero-order valence-corrected chi connectivity index (χ0v) is 19.9. The molecule has 1 amide bonds. The Balaban J connectivity index is 1.38. The average molecular weight is 498 g/mol. The van der Waals surface area contributed by atoms with Gasteiger partial charge in [-0.05, 0) is 48.9 Å². The summed E-state index contributed by atoms with van der Waals surface area (Å²) in [7, 11) is -3.28. The van der Waals surface area contributed by atoms with Crippen molar-refractivity contribution in [3.05, 3.63) is 65.6 Å². The molecule has 11 heteroatoms. The summed E-state index contributed by atoms with van der Waals surface area (Å²) in [5, 5.41) is 3.07. The van der Waals surface area contributed by atoms with Gasteiger partial charge >= 0.3 is 0 Å². The number of aromatic nitrogens is 2. The van der Waals surface area contributed by atoms with E-state index in [4.69, 9.17) is 4.74 Å². The highest BCUT2D eigenvalue weighted by molar-refractivity contribution is 7.90. The van der Waals surface area contributed by atoms with Gasteiger partial charge in [0.05, 0.1) is 23.7 Å². The number of halogens is 1. The van der Waals surface area contributed by atoms with Crippen molar-refractivity contribution in [1.82, 2.24) is 14.9 Å². The van der Waals surface area contributed by atoms with Gasteiger partial charge in [-0.15, -0.1) is 0 Å². The summed E-state index contributed by atoms with van der Waals surface area (Å²) >= 11 is 0. The predicted octanol–water partition coefficient (Wildman–Crippen LogP) is 2.93. The number of hydrogen-bond acceptors (Lipinski definition) is 8. The summed E-state index contributed by atoms with van der Waals surface area (Å²) in [5.74, 6) is 0.0415. The maximum atomic E-state index is 14.5. The Morgan fingerprint density at radius 3 is 2.54 bits per heavy atom. The molecule has 1 aromatic heterocycles. The molecule has 1 N–H and O–H groups in total. The van der Waals surface area contributed by atoms with E-state index in [-0.39, 0.29) is 16.4 Å². The Hall–Kier alpha value is -3.57. The number of rotatable bonds is 5. The quantitative estimate of drug-likeness (QED) is 0.574. The number of nitrogens with zero attached hydrogens (tertiary/aromatic N) is 4. The third kappa shape index (κ3) is 4.82. The first-order valence-electron chi connectivity index (χ1n) is 11.2. The van der Waals surface area contributed by atoms with Crippen molar-refractivity contribution in [2.75, 3.05) is 49.3 Å². The van der Waals surface area contributed by atoms with Gasteiger partial charge in [0, 0.05) is 49.0 Å². The van der Waals surface area contributed by atoms with Crippen LogP contribution in [0.3, 0.4) is 0 Å². The number of morpholine rings is 1. The van der Waals surface area contributed by atoms with Gasteiger partial charge in [-0.1, -0.05) is 0 Å². The zero-order valence-electron chi connectivity index (χ0n) is 19.1. The van der Waals surface area contributed by atoms with Crippen LogP contribution in [0.4, 0.5) is 27.5 Å². The van der Waals surface area contributed by atoms with Crippen molar-refractivity contribution in [1.29, 1.82) is 0 Å². The van der Waals surface area contributed by atoms with E-state index < -0.39 is 15.7 Å². The summed E-state index contributed by atoms with van der Waals surface area (Å²) in [6.07, 6.45) is 3.66. The van der Waals surface area contributed by atoms with Crippen LogP contribution in [-0.2, 0) is 21.0 Å². The van der Waals surface area contributed by atoms with E-state index >= 15 is 0 Å². The molecule has 3 heterocycles. The van der Waals surface area contributed by atoms with Crippen molar-refractivity contribution in [2.45, 2.75) is 11.3 Å². The number of carbonyl (C=O) groups excluding carboxylic acids is 1. The molecule has 3 aromatic rings. The molecule has 0 aliphatic carbocycles. The van der Waals surface area contributed by atoms with Gasteiger partial charge in [0.25, 0.3) is 5.91 Å². The molecule has 5 rings (SSSR count). The normalized spacial score (nSPS) is 15.7. The topological polar surface area (TPSA) is 105 Å². The summed E-state index contributed by atoms with van der Waals surface area (Å²) in [6, 6.07) is 10.9. The van der Waals surface area contributed by atoms with Crippen LogP contribution in [0.15, 0.2) is 53.6 Å². The maximum absolute atomic E-state index is 14.5. The van der Waals surface area contributed by atoms with Gasteiger partial charge < -0.3 is 19.9 Å². The molecule has 1 saturated heterocycles. The smallest absolute Gasteiger partial charge is 0.257 e. The minimum absolute atomic E-state index is 0.0225. The van der Waals surface area contributed by atoms with Crippen LogP contribution in [0, 0.1) is 5.82 Å². The number of sulfone groups is 1. The van der Waals surface area contributed by atoms with Crippen molar-refractivity contribution in [3.63, 3.8) is 0 Å². The Morgan fingerprint density at radius 1 is 1.09 bits per heavy atom. The monoisotopic (exact) mass is 497 g/mol. The number of carbonyl (C=O) groups is 1. The molecule has 1 fully saturated rings. The summed E-state index contributed by atoms with van der Waals surface area (Å²) in [6.45, 7) is 2.39. The molecular weight excluding hydrogens is 473 g/mol. The molecule has 182 valence electrons. The van der Waals surface area contributed by atoms with Crippen molar-refractivity contribution >= 4 is 38.9 Å². The van der Waals surface area contributed by atoms with Gasteiger partial charge in [0.2, 0.25) is 5.95 Å². The van der Waals surface area contributed by atoms with E-state index in [1.165, 1.54) is 24.5 Å². The van der Waals surface area contributed by atoms with Crippen molar-refractivity contribution in [3.8, 4) is 0 Å². The summed E-state index contributed by atoms with van der Waals surface area (Å²) in [5.41, 5.74) is 2.25. The fraction of sp³-hybridized carbons (Fsp3) is 0.292. The van der Waals surface area contributed by atoms with Gasteiger partial charge in [-0.3, -0.25) is 4.79 Å². The van der Waals surface area contributed by atoms with Gasteiger partial charge in [0.15, 0.2) is 9.84 Å². The van der Waals surface area contributed by atoms with E-state index in [9.17, 15) is 17.6 Å². The SMILES string of the molecule is CS(=O)(=O)c1ccc(N2CCc3cnc(Nc4ccc(F)c(C(=O)N5CCOCC5)c4)nc32)cc1. The molecular formula is C24H24FN5O4S. The Labute approximate surface area is 202 Å². The number of fused-ring (bicyclic) bond motifs is 1. The molecule has 0 atom stereocenters. The first kappa shape index (κ1) is 23.2. The maximum Gasteiger partial charge on any atom is 0.257 e. The first-order valence-corrected chi connectivity index (χ1v) is 13.1. The second-order valence-corrected chi connectivity index (χ2v) is 10.5. The number of nitrogens with one attached hydrogen (secondary N) is 1. The third-order valence-corrected chi connectivity index (χ3v) is 7.16. The van der Waals surface area contributed by atoms with E-state index in [0.29, 0.717) is 50.3 Å². The van der Waals surface area contributed by atoms with Crippen LogP contribution in [0.1, 0.15) is 15.9 Å². The highest BCUT2D eigenvalue weighted by Gasteiger charge is 2.25. The molecule has 0 spiro atoms. The highest BCUT2D eigenvalue weighted by atomic mass is 32.2. The number of ether oxygens (including phenoxy) is 1. The van der Waals surface area contributed by atoms with E-state index in [1.54, 1.807) is 35.4 Å². The second-order valence-electron chi connectivity index (χ2n) is 8.43. The average Bonchev–Trinajstić information content (AvgIpc) is 3.28. The van der Waals surface area contributed by atoms with Crippen LogP contribution in [0.5, 0.6) is 0 Å². The lowest BCUT2D eigenvalue weighted by molar-refractivity contribution is 0.0300. The van der Waals surface area contributed by atoms with Gasteiger partial charge in [-0.2, -0.15) is 4.98 Å². The molecule has 0 radical (unpaired) electrons. The number of benzene rings is 2. The van der Waals surface area contributed by atoms with Crippen LogP contribution in [0.2, 0.25) is 0 Å². The summed E-state index contributed by atoms with van der Waals surface area (Å²) in [4.78, 5) is 25.6. The number of hydrogen-bond donors (Lipinski definition) is 1. The van der Waals surface area contributed by atoms with E-state index in [1.807, 2.05) is 4.90 Å². The second kappa shape index (κ2) is 9.23. The van der Waals surface area contributed by atoms with Gasteiger partial charge in [-0.25, -0.2) is 17.8 Å². The molecule has 0 bridgehead atoms. The van der Waals surface area contributed by atoms with E-state index in [0.717, 1.165) is 17.7 Å². The number of anilines is 4. The highest BCUT2D eigenvalue weighted by Crippen LogP contribution is 2.34. The Kier molecular flexibility index (Phi) is 6.12.